The van der Waals surface area contributed by atoms with E-state index in [9.17, 15) is 0 Å². The van der Waals surface area contributed by atoms with Crippen molar-refractivity contribution < 1.29 is 18.9 Å². The molecule has 0 radical (unpaired) electrons. The summed E-state index contributed by atoms with van der Waals surface area (Å²) in [5.74, 6) is 3.40. The van der Waals surface area contributed by atoms with Gasteiger partial charge in [0.1, 0.15) is 23.0 Å². The van der Waals surface area contributed by atoms with E-state index in [1.54, 1.807) is 28.4 Å². The summed E-state index contributed by atoms with van der Waals surface area (Å²) in [4.78, 5) is 0. The molecule has 0 aliphatic heterocycles. The average molecular weight is 715 g/mol. The maximum atomic E-state index is 5.70. The van der Waals surface area contributed by atoms with E-state index in [2.05, 4.69) is 149 Å². The minimum Gasteiger partial charge on any atom is -0.497 e. The number of hydrogen-bond donors (Lipinski definition) is 0. The molecule has 0 aliphatic carbocycles. The number of rotatable bonds is 5. The molecule has 0 saturated carbocycles. The SMILES string of the molecule is COc1ccc(OC)cc1.COc1ccc2ccccc2c1-c1c(OC)ccc2ccccc12.Cc1ccc(C)cc1.Cc1cccc2c(C)cccc12. The van der Waals surface area contributed by atoms with Gasteiger partial charge in [0, 0.05) is 11.1 Å². The summed E-state index contributed by atoms with van der Waals surface area (Å²) in [5.41, 5.74) is 7.52. The van der Waals surface area contributed by atoms with Crippen LogP contribution >= 0.6 is 0 Å². The molecule has 274 valence electrons. The topological polar surface area (TPSA) is 36.9 Å². The normalized spacial score (nSPS) is 10.2. The predicted octanol–water partition coefficient (Wildman–Crippen LogP) is 13.1. The fourth-order valence-electron chi connectivity index (χ4n) is 6.33. The highest BCUT2D eigenvalue weighted by Gasteiger charge is 2.17. The van der Waals surface area contributed by atoms with Gasteiger partial charge in [-0.15, -0.1) is 0 Å². The molecule has 0 fully saturated rings. The van der Waals surface area contributed by atoms with Crippen LogP contribution in [-0.2, 0) is 0 Å². The summed E-state index contributed by atoms with van der Waals surface area (Å²) in [6.45, 7) is 8.50. The van der Waals surface area contributed by atoms with Crippen LogP contribution in [0.5, 0.6) is 23.0 Å². The van der Waals surface area contributed by atoms with Crippen LogP contribution in [0.15, 0.2) is 158 Å². The molecular formula is C50H50O4. The first kappa shape index (κ1) is 39.0. The van der Waals surface area contributed by atoms with Crippen molar-refractivity contribution in [2.75, 3.05) is 28.4 Å². The Morgan fingerprint density at radius 2 is 0.648 bits per heavy atom. The van der Waals surface area contributed by atoms with Crippen molar-refractivity contribution in [1.29, 1.82) is 0 Å². The Morgan fingerprint density at radius 3 is 1.00 bits per heavy atom. The second kappa shape index (κ2) is 19.0. The van der Waals surface area contributed by atoms with E-state index in [1.807, 2.05) is 36.4 Å². The van der Waals surface area contributed by atoms with E-state index in [0.717, 1.165) is 44.9 Å². The summed E-state index contributed by atoms with van der Waals surface area (Å²) >= 11 is 0. The van der Waals surface area contributed by atoms with Crippen LogP contribution in [0, 0.1) is 27.7 Å². The molecule has 54 heavy (non-hydrogen) atoms. The lowest BCUT2D eigenvalue weighted by Gasteiger charge is -2.17. The molecule has 8 rings (SSSR count). The van der Waals surface area contributed by atoms with Gasteiger partial charge in [0.05, 0.1) is 28.4 Å². The van der Waals surface area contributed by atoms with E-state index >= 15 is 0 Å². The Morgan fingerprint density at radius 1 is 0.296 bits per heavy atom. The van der Waals surface area contributed by atoms with Gasteiger partial charge in [-0.2, -0.15) is 0 Å². The van der Waals surface area contributed by atoms with Crippen molar-refractivity contribution in [2.45, 2.75) is 27.7 Å². The molecule has 4 nitrogen and oxygen atoms in total. The highest BCUT2D eigenvalue weighted by Crippen LogP contribution is 2.45. The van der Waals surface area contributed by atoms with Crippen molar-refractivity contribution in [2.24, 2.45) is 0 Å². The van der Waals surface area contributed by atoms with Crippen LogP contribution in [-0.4, -0.2) is 28.4 Å². The highest BCUT2D eigenvalue weighted by atomic mass is 16.5. The van der Waals surface area contributed by atoms with Crippen LogP contribution in [0.1, 0.15) is 22.3 Å². The van der Waals surface area contributed by atoms with E-state index in [4.69, 9.17) is 18.9 Å². The Bertz CT molecular complexity index is 2240. The monoisotopic (exact) mass is 714 g/mol. The van der Waals surface area contributed by atoms with Gasteiger partial charge in [-0.3, -0.25) is 0 Å². The largest absolute Gasteiger partial charge is 0.497 e. The first-order valence-electron chi connectivity index (χ1n) is 18.1. The van der Waals surface area contributed by atoms with Gasteiger partial charge in [0.2, 0.25) is 0 Å². The first-order valence-corrected chi connectivity index (χ1v) is 18.1. The van der Waals surface area contributed by atoms with Crippen molar-refractivity contribution in [3.8, 4) is 34.1 Å². The van der Waals surface area contributed by atoms with E-state index in [1.165, 1.54) is 43.8 Å². The number of fused-ring (bicyclic) bond motifs is 3. The van der Waals surface area contributed by atoms with Crippen LogP contribution < -0.4 is 18.9 Å². The predicted molar refractivity (Wildman–Crippen MR) is 229 cm³/mol. The molecule has 0 saturated heterocycles. The zero-order valence-corrected chi connectivity index (χ0v) is 32.6. The molecule has 0 heterocycles. The van der Waals surface area contributed by atoms with E-state index < -0.39 is 0 Å². The fourth-order valence-corrected chi connectivity index (χ4v) is 6.33. The van der Waals surface area contributed by atoms with Gasteiger partial charge in [0.25, 0.3) is 0 Å². The van der Waals surface area contributed by atoms with Crippen LogP contribution in [0.2, 0.25) is 0 Å². The van der Waals surface area contributed by atoms with Gasteiger partial charge in [-0.1, -0.05) is 132 Å². The van der Waals surface area contributed by atoms with Gasteiger partial charge < -0.3 is 18.9 Å². The lowest BCUT2D eigenvalue weighted by atomic mass is 9.92. The molecule has 8 aromatic rings. The van der Waals surface area contributed by atoms with Crippen molar-refractivity contribution >= 4 is 32.3 Å². The van der Waals surface area contributed by atoms with E-state index in [-0.39, 0.29) is 0 Å². The minimum absolute atomic E-state index is 0.848. The van der Waals surface area contributed by atoms with Gasteiger partial charge in [-0.05, 0) is 108 Å². The van der Waals surface area contributed by atoms with Crippen LogP contribution in [0.3, 0.4) is 0 Å². The second-order valence-corrected chi connectivity index (χ2v) is 13.0. The Labute approximate surface area is 320 Å². The summed E-state index contributed by atoms with van der Waals surface area (Å²) in [7, 11) is 6.71. The quantitative estimate of drug-likeness (QED) is 0.178. The summed E-state index contributed by atoms with van der Waals surface area (Å²) in [6, 6.07) is 53.8. The third-order valence-electron chi connectivity index (χ3n) is 9.34. The standard InChI is InChI=1S/C22H18O2.C12H12.C8H10O2.C8H10/c1-23-19-13-11-15-7-3-5-9-17(15)21(19)22-18-10-6-4-8-16(18)12-14-20(22)24-2;1-9-5-3-8-12-10(2)6-4-7-11(9)12;1-9-7-3-5-8(10-2)6-4-7;1-7-3-5-8(2)6-4-7/h3-14H,1-2H3;3-8H,1-2H3;3-6H,1-2H3;3-6H,1-2H3. The number of methoxy groups -OCH3 is 4. The molecule has 4 heteroatoms. The zero-order valence-electron chi connectivity index (χ0n) is 32.6. The van der Waals surface area contributed by atoms with Crippen LogP contribution in [0.25, 0.3) is 43.4 Å². The van der Waals surface area contributed by atoms with Gasteiger partial charge >= 0.3 is 0 Å². The number of benzene rings is 8. The smallest absolute Gasteiger partial charge is 0.127 e. The van der Waals surface area contributed by atoms with Crippen LogP contribution in [0.4, 0.5) is 0 Å². The van der Waals surface area contributed by atoms with Crippen molar-refractivity contribution in [3.63, 3.8) is 0 Å². The average Bonchev–Trinajstić information content (AvgIpc) is 3.22. The van der Waals surface area contributed by atoms with Gasteiger partial charge in [-0.25, -0.2) is 0 Å². The summed E-state index contributed by atoms with van der Waals surface area (Å²) in [5, 5.41) is 7.43. The van der Waals surface area contributed by atoms with Gasteiger partial charge in [0.15, 0.2) is 0 Å². The summed E-state index contributed by atoms with van der Waals surface area (Å²) in [6.07, 6.45) is 0. The number of aryl methyl sites for hydroxylation is 4. The van der Waals surface area contributed by atoms with Crippen molar-refractivity contribution in [3.05, 3.63) is 180 Å². The Kier molecular flexibility index (Phi) is 13.7. The molecule has 0 unspecified atom stereocenters. The lowest BCUT2D eigenvalue weighted by Crippen LogP contribution is -1.94. The maximum absolute atomic E-state index is 5.70. The molecule has 8 aromatic carbocycles. The third kappa shape index (κ3) is 9.58. The van der Waals surface area contributed by atoms with Crippen molar-refractivity contribution in [1.82, 2.24) is 0 Å². The molecule has 0 N–H and O–H groups in total. The molecule has 0 bridgehead atoms. The lowest BCUT2D eigenvalue weighted by molar-refractivity contribution is 0.403. The fraction of sp³-hybridized carbons (Fsp3) is 0.160. The minimum atomic E-state index is 0.848. The highest BCUT2D eigenvalue weighted by molar-refractivity contribution is 6.09. The number of ether oxygens (including phenoxy) is 4. The zero-order chi connectivity index (χ0) is 38.5. The Hall–Kier alpha value is -6.26. The third-order valence-corrected chi connectivity index (χ3v) is 9.34. The maximum Gasteiger partial charge on any atom is 0.127 e. The molecular weight excluding hydrogens is 665 g/mol. The molecule has 0 aliphatic rings. The Balaban J connectivity index is 0.000000156. The van der Waals surface area contributed by atoms with E-state index in [0.29, 0.717) is 0 Å². The molecule has 0 spiro atoms. The first-order chi connectivity index (χ1) is 26.3. The molecule has 0 aromatic heterocycles. The number of hydrogen-bond acceptors (Lipinski definition) is 4. The molecule has 0 amide bonds. The molecule has 0 atom stereocenters. The second-order valence-electron chi connectivity index (χ2n) is 13.0. The summed E-state index contributed by atoms with van der Waals surface area (Å²) < 4.78 is 21.3.